The van der Waals surface area contributed by atoms with Crippen molar-refractivity contribution in [3.63, 3.8) is 0 Å². The molecule has 0 spiro atoms. The number of anilines is 1. The third kappa shape index (κ3) is 2.77. The summed E-state index contributed by atoms with van der Waals surface area (Å²) in [4.78, 5) is 23.5. The molecule has 0 atom stereocenters. The number of nitrogens with one attached hydrogen (secondary N) is 1. The van der Waals surface area contributed by atoms with Crippen molar-refractivity contribution in [3.8, 4) is 0 Å². The SMILES string of the molecule is CC1=C(C(=O)Nc2nccs2)SC2=NCCCN21.Cl. The molecule has 0 fully saturated rings. The number of nitrogens with zero attached hydrogens (tertiary/aromatic N) is 3. The molecule has 1 amide bonds. The third-order valence-electron chi connectivity index (χ3n) is 2.80. The van der Waals surface area contributed by atoms with Crippen LogP contribution in [0.5, 0.6) is 0 Å². The van der Waals surface area contributed by atoms with Crippen LogP contribution < -0.4 is 5.32 Å². The van der Waals surface area contributed by atoms with E-state index in [-0.39, 0.29) is 18.3 Å². The highest BCUT2D eigenvalue weighted by atomic mass is 35.5. The van der Waals surface area contributed by atoms with Crippen LogP contribution in [-0.4, -0.2) is 34.0 Å². The van der Waals surface area contributed by atoms with Crippen LogP contribution in [0.25, 0.3) is 0 Å². The van der Waals surface area contributed by atoms with Crippen LogP contribution in [-0.2, 0) is 4.79 Å². The lowest BCUT2D eigenvalue weighted by molar-refractivity contribution is -0.112. The fraction of sp³-hybridized carbons (Fsp3) is 0.364. The Balaban J connectivity index is 0.00000133. The Kier molecular flexibility index (Phi) is 4.49. The van der Waals surface area contributed by atoms with E-state index in [4.69, 9.17) is 0 Å². The summed E-state index contributed by atoms with van der Waals surface area (Å²) in [7, 11) is 0. The van der Waals surface area contributed by atoms with E-state index in [1.54, 1.807) is 6.20 Å². The Morgan fingerprint density at radius 3 is 3.05 bits per heavy atom. The van der Waals surface area contributed by atoms with E-state index in [0.29, 0.717) is 5.13 Å². The smallest absolute Gasteiger partial charge is 0.266 e. The summed E-state index contributed by atoms with van der Waals surface area (Å²) in [5, 5.41) is 6.23. The summed E-state index contributed by atoms with van der Waals surface area (Å²) in [5.74, 6) is -0.0930. The fourth-order valence-corrected chi connectivity index (χ4v) is 3.52. The molecule has 0 aromatic carbocycles. The van der Waals surface area contributed by atoms with E-state index < -0.39 is 0 Å². The Morgan fingerprint density at radius 2 is 2.37 bits per heavy atom. The van der Waals surface area contributed by atoms with E-state index in [1.165, 1.54) is 23.1 Å². The molecule has 1 aromatic heterocycles. The first-order chi connectivity index (χ1) is 8.75. The minimum absolute atomic E-state index is 0. The van der Waals surface area contributed by atoms with E-state index in [0.717, 1.165) is 35.3 Å². The number of amidine groups is 1. The van der Waals surface area contributed by atoms with Gasteiger partial charge >= 0.3 is 0 Å². The summed E-state index contributed by atoms with van der Waals surface area (Å²) in [6.07, 6.45) is 2.72. The van der Waals surface area contributed by atoms with Crippen molar-refractivity contribution in [1.29, 1.82) is 0 Å². The van der Waals surface area contributed by atoms with Gasteiger partial charge in [-0.25, -0.2) is 4.98 Å². The summed E-state index contributed by atoms with van der Waals surface area (Å²) < 4.78 is 0. The highest BCUT2D eigenvalue weighted by molar-refractivity contribution is 8.18. The number of aromatic nitrogens is 1. The largest absolute Gasteiger partial charge is 0.324 e. The molecule has 102 valence electrons. The molecule has 1 aromatic rings. The number of fused-ring (bicyclic) bond motifs is 1. The molecule has 5 nitrogen and oxygen atoms in total. The van der Waals surface area contributed by atoms with Crippen LogP contribution in [0.4, 0.5) is 5.13 Å². The minimum Gasteiger partial charge on any atom is -0.324 e. The van der Waals surface area contributed by atoms with Gasteiger partial charge in [-0.2, -0.15) is 0 Å². The summed E-state index contributed by atoms with van der Waals surface area (Å²) in [6, 6.07) is 0. The van der Waals surface area contributed by atoms with E-state index >= 15 is 0 Å². The first kappa shape index (κ1) is 14.4. The van der Waals surface area contributed by atoms with Crippen LogP contribution in [0, 0.1) is 0 Å². The molecular formula is C11H13ClN4OS2. The van der Waals surface area contributed by atoms with Gasteiger partial charge in [0.2, 0.25) is 0 Å². The number of thioether (sulfide) groups is 1. The second-order valence-electron chi connectivity index (χ2n) is 3.98. The number of thiazole rings is 1. The summed E-state index contributed by atoms with van der Waals surface area (Å²) in [5.41, 5.74) is 0.993. The Labute approximate surface area is 125 Å². The molecule has 3 heterocycles. The second-order valence-corrected chi connectivity index (χ2v) is 5.85. The number of aliphatic imine (C=N–C) groups is 1. The normalized spacial score (nSPS) is 17.7. The van der Waals surface area contributed by atoms with Gasteiger partial charge in [-0.3, -0.25) is 15.1 Å². The number of carbonyl (C=O) groups is 1. The Bertz CT molecular complexity index is 541. The van der Waals surface area contributed by atoms with Crippen LogP contribution in [0.1, 0.15) is 13.3 Å². The van der Waals surface area contributed by atoms with Gasteiger partial charge in [0.25, 0.3) is 5.91 Å². The fourth-order valence-electron chi connectivity index (χ4n) is 1.92. The van der Waals surface area contributed by atoms with Gasteiger partial charge in [-0.15, -0.1) is 23.7 Å². The first-order valence-corrected chi connectivity index (χ1v) is 7.37. The first-order valence-electron chi connectivity index (χ1n) is 5.67. The topological polar surface area (TPSA) is 57.6 Å². The molecule has 0 aliphatic carbocycles. The Morgan fingerprint density at radius 1 is 1.53 bits per heavy atom. The van der Waals surface area contributed by atoms with E-state index in [2.05, 4.69) is 20.2 Å². The predicted molar refractivity (Wildman–Crippen MR) is 81.9 cm³/mol. The average Bonchev–Trinajstić information content (AvgIpc) is 2.98. The van der Waals surface area contributed by atoms with Crippen molar-refractivity contribution in [2.24, 2.45) is 4.99 Å². The Hall–Kier alpha value is -1.05. The number of amides is 1. The van der Waals surface area contributed by atoms with Crippen molar-refractivity contribution in [3.05, 3.63) is 22.2 Å². The molecule has 2 aliphatic rings. The van der Waals surface area contributed by atoms with Gasteiger partial charge in [0.05, 0.1) is 4.91 Å². The van der Waals surface area contributed by atoms with Crippen LogP contribution in [0.3, 0.4) is 0 Å². The van der Waals surface area contributed by atoms with Gasteiger partial charge in [0.1, 0.15) is 0 Å². The van der Waals surface area contributed by atoms with E-state index in [9.17, 15) is 4.79 Å². The van der Waals surface area contributed by atoms with Gasteiger partial charge in [-0.1, -0.05) is 0 Å². The van der Waals surface area contributed by atoms with Crippen molar-refractivity contribution in [2.45, 2.75) is 13.3 Å². The highest BCUT2D eigenvalue weighted by Crippen LogP contribution is 2.36. The molecule has 0 bridgehead atoms. The number of rotatable bonds is 2. The number of halogens is 1. The maximum atomic E-state index is 12.2. The van der Waals surface area contributed by atoms with Crippen molar-refractivity contribution in [2.75, 3.05) is 18.4 Å². The second kappa shape index (κ2) is 5.94. The van der Waals surface area contributed by atoms with E-state index in [1.807, 2.05) is 12.3 Å². The van der Waals surface area contributed by atoms with Crippen molar-refractivity contribution in [1.82, 2.24) is 9.88 Å². The molecule has 19 heavy (non-hydrogen) atoms. The van der Waals surface area contributed by atoms with Crippen LogP contribution >= 0.6 is 35.5 Å². The molecule has 8 heteroatoms. The number of allylic oxidation sites excluding steroid dienone is 1. The van der Waals surface area contributed by atoms with Gasteiger partial charge < -0.3 is 4.90 Å². The number of hydrogen-bond acceptors (Lipinski definition) is 6. The number of carbonyl (C=O) groups excluding carboxylic acids is 1. The monoisotopic (exact) mass is 316 g/mol. The molecule has 0 saturated heterocycles. The quantitative estimate of drug-likeness (QED) is 0.911. The zero-order valence-corrected chi connectivity index (χ0v) is 12.7. The zero-order valence-electron chi connectivity index (χ0n) is 10.3. The highest BCUT2D eigenvalue weighted by Gasteiger charge is 2.32. The molecule has 0 saturated carbocycles. The third-order valence-corrected chi connectivity index (χ3v) is 4.71. The molecule has 0 radical (unpaired) electrons. The minimum atomic E-state index is -0.0930. The van der Waals surface area contributed by atoms with Crippen LogP contribution in [0.2, 0.25) is 0 Å². The van der Waals surface area contributed by atoms with Crippen LogP contribution in [0.15, 0.2) is 27.2 Å². The molecular weight excluding hydrogens is 304 g/mol. The van der Waals surface area contributed by atoms with Gasteiger partial charge in [0.15, 0.2) is 10.3 Å². The standard InChI is InChI=1S/C11H12N4OS2.ClH/c1-7-8(9(16)14-10-12-4-6-17-10)18-11-13-3-2-5-15(7)11;/h4,6H,2-3,5H2,1H3,(H,12,14,16);1H. The molecule has 0 unspecified atom stereocenters. The molecule has 3 rings (SSSR count). The lowest BCUT2D eigenvalue weighted by Gasteiger charge is -2.23. The summed E-state index contributed by atoms with van der Waals surface area (Å²) in [6.45, 7) is 3.77. The lowest BCUT2D eigenvalue weighted by atomic mass is 10.3. The maximum absolute atomic E-state index is 12.2. The number of hydrogen-bond donors (Lipinski definition) is 1. The molecule has 1 N–H and O–H groups in total. The van der Waals surface area contributed by atoms with Gasteiger partial charge in [0, 0.05) is 30.4 Å². The van der Waals surface area contributed by atoms with Gasteiger partial charge in [-0.05, 0) is 25.1 Å². The zero-order chi connectivity index (χ0) is 12.5. The average molecular weight is 317 g/mol. The van der Waals surface area contributed by atoms with Crippen molar-refractivity contribution < 1.29 is 4.79 Å². The summed E-state index contributed by atoms with van der Waals surface area (Å²) >= 11 is 2.87. The maximum Gasteiger partial charge on any atom is 0.266 e. The lowest BCUT2D eigenvalue weighted by Crippen LogP contribution is -2.28. The predicted octanol–water partition coefficient (Wildman–Crippen LogP) is 2.54. The molecule has 2 aliphatic heterocycles. The van der Waals surface area contributed by atoms with Crippen molar-refractivity contribution >= 4 is 51.7 Å².